The second kappa shape index (κ2) is 24.0. The number of hydrogen-bond donors (Lipinski definition) is 2. The van der Waals surface area contributed by atoms with Crippen LogP contribution in [-0.4, -0.2) is 35.0 Å². The van der Waals surface area contributed by atoms with Crippen molar-refractivity contribution in [2.75, 3.05) is 13.2 Å². The Labute approximate surface area is 591 Å². The summed E-state index contributed by atoms with van der Waals surface area (Å²) in [6.45, 7) is 23.6. The van der Waals surface area contributed by atoms with Crippen LogP contribution in [0, 0.1) is 21.3 Å². The Balaban J connectivity index is 0.000000132. The monoisotopic (exact) mass is 1560 g/mol. The maximum atomic E-state index is 13.2. The van der Waals surface area contributed by atoms with E-state index < -0.39 is 11.2 Å². The van der Waals surface area contributed by atoms with E-state index in [1.165, 1.54) is 90.0 Å². The minimum Gasteiger partial charge on any atom is -0.381 e. The van der Waals surface area contributed by atoms with E-state index in [-0.39, 0.29) is 54.1 Å². The third kappa shape index (κ3) is 10.7. The summed E-state index contributed by atoms with van der Waals surface area (Å²) in [7, 11) is 0. The molecular formula is C78H67Br6LiO5. The van der Waals surface area contributed by atoms with Gasteiger partial charge in [0, 0.05) is 78.5 Å². The fourth-order valence-corrected chi connectivity index (χ4v) is 17.0. The van der Waals surface area contributed by atoms with Crippen molar-refractivity contribution in [1.29, 1.82) is 0 Å². The largest absolute Gasteiger partial charge is 1.00 e. The molecule has 90 heavy (non-hydrogen) atoms. The van der Waals surface area contributed by atoms with Crippen LogP contribution < -0.4 is 18.9 Å². The molecule has 2 atom stereocenters. The van der Waals surface area contributed by atoms with Gasteiger partial charge in [-0.1, -0.05) is 174 Å². The number of hydrogen-bond acceptors (Lipinski definition) is 5. The summed E-state index contributed by atoms with van der Waals surface area (Å²) in [6.07, 6.45) is 2.56. The number of carbonyl (C=O) groups is 2. The Morgan fingerprint density at radius 3 is 1.18 bits per heavy atom. The van der Waals surface area contributed by atoms with Crippen molar-refractivity contribution >= 4 is 129 Å². The average Bonchev–Trinajstić information content (AvgIpc) is 1.38. The van der Waals surface area contributed by atoms with Gasteiger partial charge in [0.2, 0.25) is 0 Å². The van der Waals surface area contributed by atoms with Crippen molar-refractivity contribution in [1.82, 2.24) is 0 Å². The fourth-order valence-electron chi connectivity index (χ4n) is 14.8. The zero-order chi connectivity index (χ0) is 62.6. The molecule has 5 nitrogen and oxygen atoms in total. The molecule has 6 aliphatic rings. The number of ether oxygens (including phenoxy) is 1. The van der Waals surface area contributed by atoms with Gasteiger partial charge in [-0.05, 0) is 271 Å². The van der Waals surface area contributed by atoms with Crippen LogP contribution >= 0.6 is 95.6 Å². The van der Waals surface area contributed by atoms with E-state index in [2.05, 4.69) is 242 Å². The normalized spacial score (nSPS) is 18.8. The number of aryl methyl sites for hydroxylation is 2. The third-order valence-electron chi connectivity index (χ3n) is 19.8. The van der Waals surface area contributed by atoms with Crippen molar-refractivity contribution in [2.24, 2.45) is 0 Å². The second-order valence-corrected chi connectivity index (χ2v) is 31.7. The maximum Gasteiger partial charge on any atom is 1.00 e. The first kappa shape index (κ1) is 66.9. The molecule has 12 heteroatoms. The van der Waals surface area contributed by atoms with Crippen molar-refractivity contribution in [3.63, 3.8) is 0 Å². The van der Waals surface area contributed by atoms with E-state index in [1.54, 1.807) is 18.2 Å². The van der Waals surface area contributed by atoms with Crippen LogP contribution in [0.3, 0.4) is 0 Å². The molecule has 0 bridgehead atoms. The number of fused-ring (bicyclic) bond motifs is 15. The molecule has 0 amide bonds. The van der Waals surface area contributed by atoms with Crippen LogP contribution in [-0.2, 0) is 32.2 Å². The molecule has 1 fully saturated rings. The summed E-state index contributed by atoms with van der Waals surface area (Å²) < 4.78 is 11.0. The van der Waals surface area contributed by atoms with Crippen molar-refractivity contribution in [2.45, 2.75) is 110 Å². The van der Waals surface area contributed by atoms with E-state index in [4.69, 9.17) is 4.74 Å². The third-order valence-corrected chi connectivity index (χ3v) is 22.8. The zero-order valence-electron chi connectivity index (χ0n) is 52.6. The van der Waals surface area contributed by atoms with Gasteiger partial charge in [-0.15, -0.1) is 0 Å². The Morgan fingerprint density at radius 1 is 0.322 bits per heavy atom. The van der Waals surface area contributed by atoms with E-state index in [1.807, 2.05) is 50.2 Å². The molecule has 2 unspecified atom stereocenters. The summed E-state index contributed by atoms with van der Waals surface area (Å²) in [6, 6.07) is 49.9. The maximum absolute atomic E-state index is 13.2. The van der Waals surface area contributed by atoms with Crippen LogP contribution in [0.2, 0.25) is 0 Å². The average molecular weight is 1570 g/mol. The van der Waals surface area contributed by atoms with Crippen LogP contribution in [0.5, 0.6) is 0 Å². The van der Waals surface area contributed by atoms with E-state index in [9.17, 15) is 19.8 Å². The number of carbonyl (C=O) groups excluding carboxylic acids is 2. The number of benzene rings is 10. The topological polar surface area (TPSA) is 83.8 Å². The first-order valence-corrected chi connectivity index (χ1v) is 34.5. The van der Waals surface area contributed by atoms with Crippen LogP contribution in [0.1, 0.15) is 167 Å². The molecule has 10 aromatic carbocycles. The van der Waals surface area contributed by atoms with E-state index in [0.29, 0.717) is 22.3 Å². The smallest absolute Gasteiger partial charge is 0.381 e. The summed E-state index contributed by atoms with van der Waals surface area (Å²) in [4.78, 5) is 26.3. The molecular weight excluding hydrogens is 1500 g/mol. The van der Waals surface area contributed by atoms with E-state index in [0.717, 1.165) is 84.6 Å². The van der Waals surface area contributed by atoms with Gasteiger partial charge in [-0.3, -0.25) is 9.59 Å². The van der Waals surface area contributed by atoms with Crippen LogP contribution in [0.25, 0.3) is 54.9 Å². The minimum atomic E-state index is -1.20. The van der Waals surface area contributed by atoms with Gasteiger partial charge < -0.3 is 22.4 Å². The van der Waals surface area contributed by atoms with Crippen LogP contribution in [0.15, 0.2) is 172 Å². The molecule has 5 aliphatic carbocycles. The zero-order valence-corrected chi connectivity index (χ0v) is 62.1. The van der Waals surface area contributed by atoms with Gasteiger partial charge >= 0.3 is 18.9 Å². The molecule has 452 valence electrons. The fraction of sp³-hybridized carbons (Fsp3) is 0.244. The summed E-state index contributed by atoms with van der Waals surface area (Å²) >= 11 is 21.4. The number of rotatable bonds is 0. The Kier molecular flexibility index (Phi) is 17.8. The number of ketones is 2. The van der Waals surface area contributed by atoms with Gasteiger partial charge in [0.15, 0.2) is 11.6 Å². The second-order valence-electron chi connectivity index (χ2n) is 26.2. The van der Waals surface area contributed by atoms with Gasteiger partial charge in [-0.2, -0.15) is 0 Å². The van der Waals surface area contributed by atoms with Crippen molar-refractivity contribution in [3.05, 3.63) is 269 Å². The van der Waals surface area contributed by atoms with Gasteiger partial charge in [0.1, 0.15) is 11.2 Å². The Hall–Kier alpha value is -4.58. The van der Waals surface area contributed by atoms with Crippen molar-refractivity contribution in [3.8, 4) is 33.4 Å². The standard InChI is InChI=1S/C25H22Br2O2.C25H20Br2.C23H14Br2O2.C4H8O.CH3.Li/c1-23(2)18-9-13(26)5-7-15(18)16-11-21-22(12-19(16)23)25(4,29)20-10-14(27)6-8-17(20)24(21,3)28;1-13-17-7-5-15(26)9-19(17)14(2)21-12-24-22(11-20(13)21)18-8-6-16(27)10-23(18)25(24,3)4;1-23(2)19-8-12(25)3-5-13(19)15-9-17-18(10-20(15)23)22(27)16-7-11(24)4-6-14(16)21(17)26;1-2-4-5-3-1;;/h5-12,28-29H,1-4H3;5-12H,1-4H3;3-10H,1-2H3;1-4H2;1H3;/q;;;;-1;+1. The number of halogens is 6. The first-order chi connectivity index (χ1) is 41.5. The molecule has 1 saturated heterocycles. The summed E-state index contributed by atoms with van der Waals surface area (Å²) in [5.41, 5.74) is 19.7. The van der Waals surface area contributed by atoms with Gasteiger partial charge in [-0.25, -0.2) is 0 Å². The molecule has 2 N–H and O–H groups in total. The Morgan fingerprint density at radius 2 is 0.644 bits per heavy atom. The summed E-state index contributed by atoms with van der Waals surface area (Å²) in [5.74, 6) is -0.171. The Bertz CT molecular complexity index is 4710. The molecule has 10 aromatic rings. The molecule has 0 saturated carbocycles. The number of aliphatic hydroxyl groups is 2. The molecule has 0 aromatic heterocycles. The first-order valence-electron chi connectivity index (χ1n) is 29.7. The molecule has 16 rings (SSSR count). The SMILES string of the molecule is C1CCOC1.CC1(C)c2cc(Br)ccc2-c2cc3c(cc21)C(=O)c1cc(Br)ccc1C3=O.CC1(C)c2cc(Br)ccc2-c2cc3c(cc21)C(C)(O)c1cc(Br)ccc1C3(C)O.Cc1c2ccc(Br)cc2c(C)c2cc3c(cc12)-c1ccc(Br)cc1C3(C)C.[CH3-].[Li+]. The quantitative estimate of drug-likeness (QED) is 0.0898. The van der Waals surface area contributed by atoms with Crippen molar-refractivity contribution < 1.29 is 43.4 Å². The van der Waals surface area contributed by atoms with Gasteiger partial charge in [0.25, 0.3) is 0 Å². The molecule has 0 spiro atoms. The predicted octanol–water partition coefficient (Wildman–Crippen LogP) is 19.3. The molecule has 1 heterocycles. The molecule has 1 aliphatic heterocycles. The predicted molar refractivity (Wildman–Crippen MR) is 386 cm³/mol. The van der Waals surface area contributed by atoms with E-state index >= 15 is 0 Å². The molecule has 0 radical (unpaired) electrons. The van der Waals surface area contributed by atoms with Crippen LogP contribution in [0.4, 0.5) is 0 Å². The van der Waals surface area contributed by atoms with Gasteiger partial charge in [0.05, 0.1) is 0 Å². The summed E-state index contributed by atoms with van der Waals surface area (Å²) in [5, 5.41) is 28.7. The minimum absolute atomic E-state index is 0.